The maximum Gasteiger partial charge on any atom is 0.0653 e. The second kappa shape index (κ2) is 3.21. The first-order valence-electron chi connectivity index (χ1n) is 4.74. The minimum absolute atomic E-state index is 0.632. The van der Waals surface area contributed by atoms with Gasteiger partial charge in [0.05, 0.1) is 11.7 Å². The molecule has 2 heteroatoms. The molecule has 0 aliphatic heterocycles. The zero-order valence-electron chi connectivity index (χ0n) is 8.04. The molecule has 1 aromatic heterocycles. The van der Waals surface area contributed by atoms with Gasteiger partial charge in [0, 0.05) is 5.39 Å². The summed E-state index contributed by atoms with van der Waals surface area (Å²) in [5.41, 5.74) is 2.53. The molecule has 2 aromatic rings. The van der Waals surface area contributed by atoms with E-state index in [1.165, 1.54) is 17.4 Å². The van der Waals surface area contributed by atoms with Gasteiger partial charge in [-0.15, -0.1) is 0 Å². The minimum atomic E-state index is 0.632. The number of H-pyrrole nitrogens is 1. The van der Waals surface area contributed by atoms with Crippen molar-refractivity contribution in [2.75, 3.05) is 0 Å². The van der Waals surface area contributed by atoms with E-state index in [2.05, 4.69) is 42.2 Å². The van der Waals surface area contributed by atoms with Gasteiger partial charge < -0.3 is 0 Å². The molecule has 68 valence electrons. The number of hydrogen-bond acceptors (Lipinski definition) is 1. The Kier molecular flexibility index (Phi) is 2.05. The van der Waals surface area contributed by atoms with Gasteiger partial charge in [-0.1, -0.05) is 26.0 Å². The Balaban J connectivity index is 2.48. The third-order valence-corrected chi connectivity index (χ3v) is 2.65. The van der Waals surface area contributed by atoms with Gasteiger partial charge in [0.15, 0.2) is 0 Å². The third kappa shape index (κ3) is 1.44. The summed E-state index contributed by atoms with van der Waals surface area (Å²) >= 11 is 0. The van der Waals surface area contributed by atoms with Crippen LogP contribution in [0.15, 0.2) is 24.4 Å². The zero-order valence-corrected chi connectivity index (χ0v) is 8.04. The molecule has 0 amide bonds. The van der Waals surface area contributed by atoms with E-state index in [1.54, 1.807) is 0 Å². The van der Waals surface area contributed by atoms with E-state index in [-0.39, 0.29) is 0 Å². The molecule has 0 spiro atoms. The normalized spacial score (nSPS) is 13.4. The number of aromatic amines is 1. The summed E-state index contributed by atoms with van der Waals surface area (Å²) < 4.78 is 0. The Bertz CT molecular complexity index is 403. The van der Waals surface area contributed by atoms with Gasteiger partial charge in [0.25, 0.3) is 0 Å². The Morgan fingerprint density at radius 2 is 2.31 bits per heavy atom. The SMILES string of the molecule is CCC(C)c1ccc2cn[nH]c2c1. The Labute approximate surface area is 78.0 Å². The van der Waals surface area contributed by atoms with Gasteiger partial charge in [-0.2, -0.15) is 5.10 Å². The van der Waals surface area contributed by atoms with Gasteiger partial charge in [0.1, 0.15) is 0 Å². The van der Waals surface area contributed by atoms with Crippen molar-refractivity contribution in [1.82, 2.24) is 10.2 Å². The fourth-order valence-corrected chi connectivity index (χ4v) is 1.50. The smallest absolute Gasteiger partial charge is 0.0653 e. The summed E-state index contributed by atoms with van der Waals surface area (Å²) in [5, 5.41) is 8.18. The van der Waals surface area contributed by atoms with Crippen LogP contribution in [-0.2, 0) is 0 Å². The average molecular weight is 174 g/mol. The number of hydrogen-bond donors (Lipinski definition) is 1. The van der Waals surface area contributed by atoms with Crippen LogP contribution < -0.4 is 0 Å². The van der Waals surface area contributed by atoms with Crippen LogP contribution in [-0.4, -0.2) is 10.2 Å². The molecule has 0 bridgehead atoms. The quantitative estimate of drug-likeness (QED) is 0.744. The first kappa shape index (κ1) is 8.30. The summed E-state index contributed by atoms with van der Waals surface area (Å²) in [7, 11) is 0. The van der Waals surface area contributed by atoms with Crippen LogP contribution in [0.1, 0.15) is 31.7 Å². The van der Waals surface area contributed by atoms with E-state index in [0.717, 1.165) is 5.52 Å². The molecule has 0 aliphatic carbocycles. The molecular weight excluding hydrogens is 160 g/mol. The highest BCUT2D eigenvalue weighted by atomic mass is 15.1. The first-order valence-corrected chi connectivity index (χ1v) is 4.74. The van der Waals surface area contributed by atoms with Crippen LogP contribution in [0.25, 0.3) is 10.9 Å². The van der Waals surface area contributed by atoms with E-state index >= 15 is 0 Å². The summed E-state index contributed by atoms with van der Waals surface area (Å²) in [5.74, 6) is 0.632. The monoisotopic (exact) mass is 174 g/mol. The van der Waals surface area contributed by atoms with Crippen molar-refractivity contribution in [3.05, 3.63) is 30.0 Å². The number of benzene rings is 1. The van der Waals surface area contributed by atoms with Crippen molar-refractivity contribution in [3.8, 4) is 0 Å². The van der Waals surface area contributed by atoms with Crippen molar-refractivity contribution >= 4 is 10.9 Å². The molecule has 2 nitrogen and oxygen atoms in total. The molecule has 0 radical (unpaired) electrons. The van der Waals surface area contributed by atoms with Gasteiger partial charge in [-0.25, -0.2) is 0 Å². The number of nitrogens with zero attached hydrogens (tertiary/aromatic N) is 1. The van der Waals surface area contributed by atoms with E-state index in [1.807, 2.05) is 6.20 Å². The summed E-state index contributed by atoms with van der Waals surface area (Å²) in [6.07, 6.45) is 3.04. The van der Waals surface area contributed by atoms with Gasteiger partial charge in [0.2, 0.25) is 0 Å². The molecule has 1 unspecified atom stereocenters. The van der Waals surface area contributed by atoms with E-state index in [4.69, 9.17) is 0 Å². The lowest BCUT2D eigenvalue weighted by molar-refractivity contribution is 0.734. The second-order valence-corrected chi connectivity index (χ2v) is 3.53. The van der Waals surface area contributed by atoms with Crippen LogP contribution in [0.3, 0.4) is 0 Å². The summed E-state index contributed by atoms with van der Waals surface area (Å²) in [6, 6.07) is 6.50. The van der Waals surface area contributed by atoms with Gasteiger partial charge in [-0.05, 0) is 24.0 Å². The third-order valence-electron chi connectivity index (χ3n) is 2.65. The van der Waals surface area contributed by atoms with Crippen LogP contribution >= 0.6 is 0 Å². The van der Waals surface area contributed by atoms with Crippen molar-refractivity contribution in [2.45, 2.75) is 26.2 Å². The standard InChI is InChI=1S/C11H14N2/c1-3-8(2)9-4-5-10-7-12-13-11(10)6-9/h4-8H,3H2,1-2H3,(H,12,13). The summed E-state index contributed by atoms with van der Waals surface area (Å²) in [6.45, 7) is 4.46. The maximum atomic E-state index is 4.00. The van der Waals surface area contributed by atoms with Crippen LogP contribution in [0.2, 0.25) is 0 Å². The van der Waals surface area contributed by atoms with Crippen LogP contribution in [0.4, 0.5) is 0 Å². The van der Waals surface area contributed by atoms with Crippen molar-refractivity contribution in [3.63, 3.8) is 0 Å². The molecule has 1 atom stereocenters. The molecule has 0 saturated heterocycles. The Hall–Kier alpha value is -1.31. The maximum absolute atomic E-state index is 4.00. The summed E-state index contributed by atoms with van der Waals surface area (Å²) in [4.78, 5) is 0. The lowest BCUT2D eigenvalue weighted by Gasteiger charge is -2.07. The van der Waals surface area contributed by atoms with Gasteiger partial charge >= 0.3 is 0 Å². The van der Waals surface area contributed by atoms with E-state index in [0.29, 0.717) is 5.92 Å². The van der Waals surface area contributed by atoms with Crippen molar-refractivity contribution in [1.29, 1.82) is 0 Å². The largest absolute Gasteiger partial charge is 0.278 e. The molecule has 1 N–H and O–H groups in total. The average Bonchev–Trinajstić information content (AvgIpc) is 2.63. The number of rotatable bonds is 2. The van der Waals surface area contributed by atoms with E-state index < -0.39 is 0 Å². The molecule has 0 saturated carbocycles. The minimum Gasteiger partial charge on any atom is -0.278 e. The number of fused-ring (bicyclic) bond motifs is 1. The molecule has 1 heterocycles. The molecule has 1 aromatic carbocycles. The molecular formula is C11H14N2. The Morgan fingerprint density at radius 1 is 1.46 bits per heavy atom. The Morgan fingerprint density at radius 3 is 3.08 bits per heavy atom. The van der Waals surface area contributed by atoms with Gasteiger partial charge in [-0.3, -0.25) is 5.10 Å². The van der Waals surface area contributed by atoms with Crippen molar-refractivity contribution in [2.24, 2.45) is 0 Å². The molecule has 2 rings (SSSR count). The topological polar surface area (TPSA) is 28.7 Å². The highest BCUT2D eigenvalue weighted by molar-refractivity contribution is 5.78. The van der Waals surface area contributed by atoms with Crippen LogP contribution in [0.5, 0.6) is 0 Å². The number of nitrogens with one attached hydrogen (secondary N) is 1. The predicted molar refractivity (Wildman–Crippen MR) is 54.8 cm³/mol. The molecule has 0 fully saturated rings. The highest BCUT2D eigenvalue weighted by Gasteiger charge is 2.03. The molecule has 0 aliphatic rings. The lowest BCUT2D eigenvalue weighted by Crippen LogP contribution is -1.90. The van der Waals surface area contributed by atoms with Crippen LogP contribution in [0, 0.1) is 0 Å². The fourth-order valence-electron chi connectivity index (χ4n) is 1.50. The molecule has 13 heavy (non-hydrogen) atoms. The zero-order chi connectivity index (χ0) is 9.26. The lowest BCUT2D eigenvalue weighted by atomic mass is 9.98. The first-order chi connectivity index (χ1) is 6.31. The highest BCUT2D eigenvalue weighted by Crippen LogP contribution is 2.21. The predicted octanol–water partition coefficient (Wildman–Crippen LogP) is 3.08. The fraction of sp³-hybridized carbons (Fsp3) is 0.364. The second-order valence-electron chi connectivity index (χ2n) is 3.53. The number of aromatic nitrogens is 2. The van der Waals surface area contributed by atoms with E-state index in [9.17, 15) is 0 Å². The van der Waals surface area contributed by atoms with Crippen molar-refractivity contribution < 1.29 is 0 Å².